The van der Waals surface area contributed by atoms with Gasteiger partial charge in [-0.2, -0.15) is 5.10 Å². The molecule has 8 heteroatoms. The van der Waals surface area contributed by atoms with Gasteiger partial charge in [-0.3, -0.25) is 4.79 Å². The van der Waals surface area contributed by atoms with E-state index in [1.165, 1.54) is 12.7 Å². The van der Waals surface area contributed by atoms with E-state index in [0.717, 1.165) is 45.5 Å². The van der Waals surface area contributed by atoms with Crippen LogP contribution >= 0.6 is 0 Å². The highest BCUT2D eigenvalue weighted by Crippen LogP contribution is 2.30. The molecule has 0 aliphatic carbocycles. The summed E-state index contributed by atoms with van der Waals surface area (Å²) in [7, 11) is 0. The Hall–Kier alpha value is -4.59. The highest BCUT2D eigenvalue weighted by Gasteiger charge is 2.09. The largest absolute Gasteiger partial charge is 0.457 e. The van der Waals surface area contributed by atoms with Crippen molar-refractivity contribution >= 4 is 33.8 Å². The molecule has 0 radical (unpaired) electrons. The van der Waals surface area contributed by atoms with E-state index in [1.54, 1.807) is 10.6 Å². The molecule has 0 atom stereocenters. The second-order valence-electron chi connectivity index (χ2n) is 8.16. The SMILES string of the molecule is CC/C=C/C(=O)Cc1ccc2ncnc(Nc3ccc(Oc4ccn5ncnc5c4)c(C)c3)c2c1. The summed E-state index contributed by atoms with van der Waals surface area (Å²) < 4.78 is 7.75. The maximum Gasteiger partial charge on any atom is 0.159 e. The van der Waals surface area contributed by atoms with Gasteiger partial charge in [-0.15, -0.1) is 0 Å². The first-order valence-corrected chi connectivity index (χ1v) is 11.4. The number of carbonyl (C=O) groups is 1. The molecule has 0 aliphatic rings. The number of ketones is 1. The fourth-order valence-corrected chi connectivity index (χ4v) is 3.79. The van der Waals surface area contributed by atoms with Crippen LogP contribution in [0.3, 0.4) is 0 Å². The summed E-state index contributed by atoms with van der Waals surface area (Å²) in [5, 5.41) is 8.35. The summed E-state index contributed by atoms with van der Waals surface area (Å²) in [5.41, 5.74) is 4.28. The van der Waals surface area contributed by atoms with Gasteiger partial charge in [0, 0.05) is 29.8 Å². The van der Waals surface area contributed by atoms with Crippen LogP contribution in [0.5, 0.6) is 11.5 Å². The number of aryl methyl sites for hydroxylation is 1. The lowest BCUT2D eigenvalue weighted by atomic mass is 10.1. The van der Waals surface area contributed by atoms with Crippen LogP contribution in [0, 0.1) is 6.92 Å². The molecule has 1 N–H and O–H groups in total. The molecule has 0 saturated heterocycles. The van der Waals surface area contributed by atoms with Crippen molar-refractivity contribution in [1.82, 2.24) is 24.6 Å². The number of ether oxygens (including phenoxy) is 1. The average Bonchev–Trinajstić information content (AvgIpc) is 3.33. The van der Waals surface area contributed by atoms with Gasteiger partial charge in [0.05, 0.1) is 5.52 Å². The number of fused-ring (bicyclic) bond motifs is 2. The van der Waals surface area contributed by atoms with Crippen LogP contribution in [0.2, 0.25) is 0 Å². The van der Waals surface area contributed by atoms with Gasteiger partial charge in [-0.1, -0.05) is 19.1 Å². The van der Waals surface area contributed by atoms with E-state index < -0.39 is 0 Å². The highest BCUT2D eigenvalue weighted by atomic mass is 16.5. The first kappa shape index (κ1) is 22.2. The third kappa shape index (κ3) is 5.01. The zero-order chi connectivity index (χ0) is 24.2. The van der Waals surface area contributed by atoms with Gasteiger partial charge in [0.25, 0.3) is 0 Å². The normalized spacial score (nSPS) is 11.4. The standard InChI is InChI=1S/C27H24N6O2/c1-3-4-5-21(34)13-19-6-8-24-23(14-19)27(30-16-28-24)32-20-7-9-25(18(2)12-20)35-22-10-11-33-26(15-22)29-17-31-33/h4-12,14-17H,3,13H2,1-2H3,(H,28,30,32)/b5-4+. The number of allylic oxidation sites excluding steroid dienone is 2. The Morgan fingerprint density at radius 3 is 2.83 bits per heavy atom. The number of benzene rings is 2. The average molecular weight is 465 g/mol. The molecule has 0 aliphatic heterocycles. The summed E-state index contributed by atoms with van der Waals surface area (Å²) in [6.45, 7) is 4.00. The zero-order valence-corrected chi connectivity index (χ0v) is 19.5. The summed E-state index contributed by atoms with van der Waals surface area (Å²) in [5.74, 6) is 2.19. The molecule has 0 saturated carbocycles. The van der Waals surface area contributed by atoms with Crippen molar-refractivity contribution in [2.45, 2.75) is 26.7 Å². The predicted molar refractivity (Wildman–Crippen MR) is 135 cm³/mol. The molecule has 0 amide bonds. The summed E-state index contributed by atoms with van der Waals surface area (Å²) in [6, 6.07) is 15.4. The third-order valence-electron chi connectivity index (χ3n) is 5.54. The molecule has 0 bridgehead atoms. The molecule has 5 rings (SSSR count). The van der Waals surface area contributed by atoms with Crippen molar-refractivity contribution in [3.05, 3.63) is 90.7 Å². The molecular weight excluding hydrogens is 440 g/mol. The van der Waals surface area contributed by atoms with E-state index in [0.29, 0.717) is 18.0 Å². The molecule has 0 spiro atoms. The van der Waals surface area contributed by atoms with Gasteiger partial charge >= 0.3 is 0 Å². The van der Waals surface area contributed by atoms with E-state index in [1.807, 2.05) is 74.7 Å². The Labute approximate surface area is 202 Å². The second-order valence-corrected chi connectivity index (χ2v) is 8.16. The lowest BCUT2D eigenvalue weighted by Crippen LogP contribution is -2.00. The van der Waals surface area contributed by atoms with Crippen LogP contribution in [0.15, 0.2) is 79.5 Å². The van der Waals surface area contributed by atoms with E-state index in [4.69, 9.17) is 4.74 Å². The zero-order valence-electron chi connectivity index (χ0n) is 19.5. The van der Waals surface area contributed by atoms with Crippen LogP contribution in [0.4, 0.5) is 11.5 Å². The number of aromatic nitrogens is 5. The molecule has 3 aromatic heterocycles. The molecule has 5 aromatic rings. The molecule has 35 heavy (non-hydrogen) atoms. The lowest BCUT2D eigenvalue weighted by Gasteiger charge is -2.13. The van der Waals surface area contributed by atoms with Crippen LogP contribution in [0.1, 0.15) is 24.5 Å². The number of hydrogen-bond acceptors (Lipinski definition) is 7. The number of hydrogen-bond donors (Lipinski definition) is 1. The van der Waals surface area contributed by atoms with E-state index in [2.05, 4.69) is 25.4 Å². The van der Waals surface area contributed by atoms with Gasteiger partial charge in [-0.05, 0) is 66.9 Å². The lowest BCUT2D eigenvalue weighted by molar-refractivity contribution is -0.114. The van der Waals surface area contributed by atoms with E-state index in [-0.39, 0.29) is 5.78 Å². The topological polar surface area (TPSA) is 94.3 Å². The minimum atomic E-state index is 0.0759. The minimum absolute atomic E-state index is 0.0759. The van der Waals surface area contributed by atoms with Crippen molar-refractivity contribution in [2.24, 2.45) is 0 Å². The number of nitrogens with zero attached hydrogens (tertiary/aromatic N) is 5. The van der Waals surface area contributed by atoms with Gasteiger partial charge < -0.3 is 10.1 Å². The van der Waals surface area contributed by atoms with Crippen molar-refractivity contribution < 1.29 is 9.53 Å². The van der Waals surface area contributed by atoms with Crippen LogP contribution in [-0.4, -0.2) is 30.3 Å². The number of anilines is 2. The predicted octanol–water partition coefficient (Wildman–Crippen LogP) is 5.59. The molecule has 0 unspecified atom stereocenters. The first-order valence-electron chi connectivity index (χ1n) is 11.4. The quantitative estimate of drug-likeness (QED) is 0.299. The van der Waals surface area contributed by atoms with Gasteiger partial charge in [0.2, 0.25) is 0 Å². The van der Waals surface area contributed by atoms with E-state index in [9.17, 15) is 4.79 Å². The smallest absolute Gasteiger partial charge is 0.159 e. The van der Waals surface area contributed by atoms with Gasteiger partial charge in [0.15, 0.2) is 11.4 Å². The Morgan fingerprint density at radius 2 is 1.97 bits per heavy atom. The maximum atomic E-state index is 12.2. The number of nitrogens with one attached hydrogen (secondary N) is 1. The fraction of sp³-hybridized carbons (Fsp3) is 0.148. The number of pyridine rings is 1. The molecule has 3 heterocycles. The monoisotopic (exact) mass is 464 g/mol. The van der Waals surface area contributed by atoms with Crippen LogP contribution in [0.25, 0.3) is 16.6 Å². The van der Waals surface area contributed by atoms with E-state index >= 15 is 0 Å². The third-order valence-corrected chi connectivity index (χ3v) is 5.54. The van der Waals surface area contributed by atoms with Crippen molar-refractivity contribution in [2.75, 3.05) is 5.32 Å². The second kappa shape index (κ2) is 9.72. The van der Waals surface area contributed by atoms with Crippen molar-refractivity contribution in [1.29, 1.82) is 0 Å². The van der Waals surface area contributed by atoms with Crippen molar-refractivity contribution in [3.63, 3.8) is 0 Å². The fourth-order valence-electron chi connectivity index (χ4n) is 3.79. The number of rotatable bonds is 8. The summed E-state index contributed by atoms with van der Waals surface area (Å²) in [4.78, 5) is 25.2. The van der Waals surface area contributed by atoms with Crippen molar-refractivity contribution in [3.8, 4) is 11.5 Å². The van der Waals surface area contributed by atoms with Gasteiger partial charge in [-0.25, -0.2) is 19.5 Å². The highest BCUT2D eigenvalue weighted by molar-refractivity contribution is 5.94. The molecule has 0 fully saturated rings. The number of carbonyl (C=O) groups excluding carboxylic acids is 1. The Balaban J connectivity index is 1.37. The summed E-state index contributed by atoms with van der Waals surface area (Å²) >= 11 is 0. The first-order chi connectivity index (χ1) is 17.1. The molecule has 8 nitrogen and oxygen atoms in total. The molecular formula is C27H24N6O2. The summed E-state index contributed by atoms with van der Waals surface area (Å²) in [6.07, 6.45) is 9.55. The van der Waals surface area contributed by atoms with Crippen LogP contribution in [-0.2, 0) is 11.2 Å². The van der Waals surface area contributed by atoms with Gasteiger partial charge in [0.1, 0.15) is 30.0 Å². The molecule has 174 valence electrons. The Bertz CT molecular complexity index is 1560. The minimum Gasteiger partial charge on any atom is -0.457 e. The van der Waals surface area contributed by atoms with Crippen LogP contribution < -0.4 is 10.1 Å². The maximum absolute atomic E-state index is 12.2. The Kier molecular flexibility index (Phi) is 6.17. The molecule has 2 aromatic carbocycles. The Morgan fingerprint density at radius 1 is 1.06 bits per heavy atom.